The molecule has 0 saturated carbocycles. The van der Waals surface area contributed by atoms with Crippen molar-refractivity contribution in [3.63, 3.8) is 0 Å². The lowest BCUT2D eigenvalue weighted by Crippen LogP contribution is -2.07. The van der Waals surface area contributed by atoms with Gasteiger partial charge in [0.2, 0.25) is 5.91 Å². The van der Waals surface area contributed by atoms with E-state index in [4.69, 9.17) is 4.74 Å². The van der Waals surface area contributed by atoms with Gasteiger partial charge in [-0.1, -0.05) is 24.3 Å². The Hall–Kier alpha value is -4.59. The summed E-state index contributed by atoms with van der Waals surface area (Å²) in [5, 5.41) is 23.6. The number of aromatic nitrogens is 1. The molecule has 8 nitrogen and oxygen atoms in total. The van der Waals surface area contributed by atoms with E-state index in [1.165, 1.54) is 26.3 Å². The SMILES string of the molecule is COc1ccc(N=Cc2c(O)[nH]c3cc(C(=O)c4cccc(NC(C)=O)c4)ccc23)cc1O. The summed E-state index contributed by atoms with van der Waals surface area (Å²) >= 11 is 0. The number of methoxy groups -OCH3 is 1. The third-order valence-corrected chi connectivity index (χ3v) is 5.03. The van der Waals surface area contributed by atoms with Crippen LogP contribution < -0.4 is 10.1 Å². The molecule has 3 aromatic carbocycles. The lowest BCUT2D eigenvalue weighted by Gasteiger charge is -2.06. The van der Waals surface area contributed by atoms with Crippen molar-refractivity contribution in [2.75, 3.05) is 12.4 Å². The van der Waals surface area contributed by atoms with Crippen molar-refractivity contribution in [2.45, 2.75) is 6.92 Å². The molecule has 4 aromatic rings. The van der Waals surface area contributed by atoms with E-state index in [1.54, 1.807) is 54.6 Å². The molecule has 0 saturated heterocycles. The van der Waals surface area contributed by atoms with Gasteiger partial charge in [-0.05, 0) is 30.3 Å². The van der Waals surface area contributed by atoms with Crippen LogP contribution in [0.3, 0.4) is 0 Å². The summed E-state index contributed by atoms with van der Waals surface area (Å²) in [5.41, 5.74) is 2.88. The maximum absolute atomic E-state index is 13.0. The predicted octanol–water partition coefficient (Wildman–Crippen LogP) is 4.53. The van der Waals surface area contributed by atoms with Crippen molar-refractivity contribution in [3.05, 3.63) is 77.4 Å². The quantitative estimate of drug-likeness (QED) is 0.257. The standard InChI is InChI=1S/C25H21N3O5/c1-14(29)27-18-5-3-4-15(10-18)24(31)16-6-8-19-20(25(32)28-21(19)11-16)13-26-17-7-9-23(33-2)22(30)12-17/h3-13,28,30,32H,1-2H3,(H,27,29). The molecule has 0 spiro atoms. The highest BCUT2D eigenvalue weighted by atomic mass is 16.5. The van der Waals surface area contributed by atoms with Gasteiger partial charge < -0.3 is 25.3 Å². The van der Waals surface area contributed by atoms with Gasteiger partial charge in [-0.3, -0.25) is 14.6 Å². The minimum Gasteiger partial charge on any atom is -0.504 e. The van der Waals surface area contributed by atoms with Gasteiger partial charge in [0.15, 0.2) is 23.2 Å². The van der Waals surface area contributed by atoms with Crippen LogP contribution in [0.25, 0.3) is 10.9 Å². The van der Waals surface area contributed by atoms with Crippen molar-refractivity contribution in [3.8, 4) is 17.4 Å². The summed E-state index contributed by atoms with van der Waals surface area (Å²) in [7, 11) is 1.46. The molecule has 1 amide bonds. The second-order valence-electron chi connectivity index (χ2n) is 7.35. The zero-order valence-corrected chi connectivity index (χ0v) is 17.9. The van der Waals surface area contributed by atoms with E-state index in [-0.39, 0.29) is 23.3 Å². The van der Waals surface area contributed by atoms with Gasteiger partial charge in [-0.15, -0.1) is 0 Å². The number of amides is 1. The lowest BCUT2D eigenvalue weighted by molar-refractivity contribution is -0.114. The van der Waals surface area contributed by atoms with Gasteiger partial charge in [-0.2, -0.15) is 0 Å². The van der Waals surface area contributed by atoms with Crippen LogP contribution in [-0.2, 0) is 4.79 Å². The summed E-state index contributed by atoms with van der Waals surface area (Å²) in [6.07, 6.45) is 1.48. The number of carbonyl (C=O) groups is 2. The Morgan fingerprint density at radius 2 is 1.82 bits per heavy atom. The Balaban J connectivity index is 1.63. The molecule has 4 N–H and O–H groups in total. The fourth-order valence-corrected chi connectivity index (χ4v) is 3.48. The summed E-state index contributed by atoms with van der Waals surface area (Å²) < 4.78 is 5.02. The molecule has 0 aliphatic carbocycles. The number of nitrogens with zero attached hydrogens (tertiary/aromatic N) is 1. The number of benzene rings is 3. The minimum absolute atomic E-state index is 0.0407. The van der Waals surface area contributed by atoms with E-state index in [9.17, 15) is 19.8 Å². The Kier molecular flexibility index (Phi) is 5.82. The molecule has 8 heteroatoms. The topological polar surface area (TPSA) is 124 Å². The van der Waals surface area contributed by atoms with Crippen LogP contribution >= 0.6 is 0 Å². The van der Waals surface area contributed by atoms with Gasteiger partial charge in [0, 0.05) is 46.9 Å². The van der Waals surface area contributed by atoms with Crippen molar-refractivity contribution < 1.29 is 24.5 Å². The van der Waals surface area contributed by atoms with E-state index in [0.29, 0.717) is 44.7 Å². The van der Waals surface area contributed by atoms with Crippen molar-refractivity contribution in [1.29, 1.82) is 0 Å². The maximum atomic E-state index is 13.0. The van der Waals surface area contributed by atoms with Crippen LogP contribution in [0.4, 0.5) is 11.4 Å². The molecule has 0 atom stereocenters. The van der Waals surface area contributed by atoms with Crippen molar-refractivity contribution in [1.82, 2.24) is 4.98 Å². The number of aromatic hydroxyl groups is 2. The number of ketones is 1. The van der Waals surface area contributed by atoms with Gasteiger partial charge in [0.1, 0.15) is 0 Å². The summed E-state index contributed by atoms with van der Waals surface area (Å²) in [6, 6.07) is 16.5. The van der Waals surface area contributed by atoms with Crippen LogP contribution in [0.15, 0.2) is 65.7 Å². The number of hydrogen-bond acceptors (Lipinski definition) is 6. The van der Waals surface area contributed by atoms with Crippen LogP contribution in [0.1, 0.15) is 28.4 Å². The van der Waals surface area contributed by atoms with E-state index >= 15 is 0 Å². The van der Waals surface area contributed by atoms with Crippen LogP contribution in [0.2, 0.25) is 0 Å². The number of phenolic OH excluding ortho intramolecular Hbond substituents is 1. The Morgan fingerprint density at radius 3 is 2.55 bits per heavy atom. The Morgan fingerprint density at radius 1 is 1.03 bits per heavy atom. The predicted molar refractivity (Wildman–Crippen MR) is 126 cm³/mol. The fourth-order valence-electron chi connectivity index (χ4n) is 3.48. The number of ether oxygens (including phenoxy) is 1. The number of phenols is 1. The van der Waals surface area contributed by atoms with Crippen LogP contribution in [0.5, 0.6) is 17.4 Å². The first kappa shape index (κ1) is 21.6. The molecule has 0 fully saturated rings. The van der Waals surface area contributed by atoms with Gasteiger partial charge in [0.05, 0.1) is 18.4 Å². The Labute approximate surface area is 189 Å². The molecule has 4 rings (SSSR count). The number of fused-ring (bicyclic) bond motifs is 1. The molecule has 1 heterocycles. The van der Waals surface area contributed by atoms with E-state index in [0.717, 1.165) is 0 Å². The molecule has 1 aromatic heterocycles. The number of nitrogens with one attached hydrogen (secondary N) is 2. The van der Waals surface area contributed by atoms with Crippen molar-refractivity contribution in [2.24, 2.45) is 4.99 Å². The van der Waals surface area contributed by atoms with E-state index in [1.807, 2.05) is 0 Å². The summed E-state index contributed by atoms with van der Waals surface area (Å²) in [5.74, 6) is -0.238. The minimum atomic E-state index is -0.220. The zero-order chi connectivity index (χ0) is 23.5. The third-order valence-electron chi connectivity index (χ3n) is 5.03. The normalized spacial score (nSPS) is 11.1. The number of hydrogen-bond donors (Lipinski definition) is 4. The molecule has 0 aliphatic heterocycles. The molecule has 0 radical (unpaired) electrons. The highest BCUT2D eigenvalue weighted by molar-refractivity contribution is 6.12. The first-order chi connectivity index (χ1) is 15.9. The molecule has 0 bridgehead atoms. The maximum Gasteiger partial charge on any atom is 0.221 e. The van der Waals surface area contributed by atoms with Gasteiger partial charge >= 0.3 is 0 Å². The van der Waals surface area contributed by atoms with Gasteiger partial charge in [0.25, 0.3) is 0 Å². The average molecular weight is 443 g/mol. The average Bonchev–Trinajstić information content (AvgIpc) is 3.11. The first-order valence-corrected chi connectivity index (χ1v) is 10.0. The summed E-state index contributed by atoms with van der Waals surface area (Å²) in [4.78, 5) is 31.4. The second-order valence-corrected chi connectivity index (χ2v) is 7.35. The second kappa shape index (κ2) is 8.88. The number of H-pyrrole nitrogens is 1. The smallest absolute Gasteiger partial charge is 0.221 e. The number of aliphatic imine (C=N–C) groups is 1. The summed E-state index contributed by atoms with van der Waals surface area (Å²) in [6.45, 7) is 1.40. The number of aromatic amines is 1. The third kappa shape index (κ3) is 4.54. The van der Waals surface area contributed by atoms with Crippen LogP contribution in [0, 0.1) is 0 Å². The molecule has 166 valence electrons. The fraction of sp³-hybridized carbons (Fsp3) is 0.0800. The van der Waals surface area contributed by atoms with Crippen molar-refractivity contribution >= 4 is 40.2 Å². The Bertz CT molecular complexity index is 1400. The van der Waals surface area contributed by atoms with Crippen LogP contribution in [-0.4, -0.2) is 40.2 Å². The lowest BCUT2D eigenvalue weighted by atomic mass is 10.0. The van der Waals surface area contributed by atoms with E-state index in [2.05, 4.69) is 15.3 Å². The molecule has 0 unspecified atom stereocenters. The number of anilines is 1. The monoisotopic (exact) mass is 443 g/mol. The molecule has 0 aliphatic rings. The molecular formula is C25H21N3O5. The highest BCUT2D eigenvalue weighted by Crippen LogP contribution is 2.31. The zero-order valence-electron chi connectivity index (χ0n) is 17.9. The highest BCUT2D eigenvalue weighted by Gasteiger charge is 2.14. The number of rotatable bonds is 6. The first-order valence-electron chi connectivity index (χ1n) is 10.0. The largest absolute Gasteiger partial charge is 0.504 e. The molecule has 33 heavy (non-hydrogen) atoms. The van der Waals surface area contributed by atoms with Gasteiger partial charge in [-0.25, -0.2) is 0 Å². The number of carbonyl (C=O) groups excluding carboxylic acids is 2. The van der Waals surface area contributed by atoms with E-state index < -0.39 is 0 Å². The molecular weight excluding hydrogens is 422 g/mol.